The highest BCUT2D eigenvalue weighted by Crippen LogP contribution is 2.12. The summed E-state index contributed by atoms with van der Waals surface area (Å²) in [7, 11) is 2.12. The summed E-state index contributed by atoms with van der Waals surface area (Å²) in [6.45, 7) is 6.95. The summed E-state index contributed by atoms with van der Waals surface area (Å²) < 4.78 is 0. The standard InChI is InChI=1S/C15H22N4S/c1-12(2)17-8-15-18-14(11-20-15)10-19(3)9-13-4-6-16-7-5-13/h4-7,11-12,17H,8-10H2,1-3H3. The van der Waals surface area contributed by atoms with Gasteiger partial charge >= 0.3 is 0 Å². The van der Waals surface area contributed by atoms with Crippen LogP contribution in [0, 0.1) is 0 Å². The quantitative estimate of drug-likeness (QED) is 0.851. The van der Waals surface area contributed by atoms with Crippen LogP contribution in [0.15, 0.2) is 29.9 Å². The molecule has 0 amide bonds. The lowest BCUT2D eigenvalue weighted by Gasteiger charge is -2.15. The average molecular weight is 290 g/mol. The van der Waals surface area contributed by atoms with Gasteiger partial charge in [0.15, 0.2) is 0 Å². The molecule has 0 saturated carbocycles. The minimum atomic E-state index is 0.497. The van der Waals surface area contributed by atoms with E-state index in [9.17, 15) is 0 Å². The lowest BCUT2D eigenvalue weighted by atomic mass is 10.2. The summed E-state index contributed by atoms with van der Waals surface area (Å²) >= 11 is 1.73. The highest BCUT2D eigenvalue weighted by atomic mass is 32.1. The third-order valence-corrected chi connectivity index (χ3v) is 3.79. The molecule has 2 heterocycles. The van der Waals surface area contributed by atoms with Crippen LogP contribution < -0.4 is 5.32 Å². The van der Waals surface area contributed by atoms with Crippen LogP contribution in [0.5, 0.6) is 0 Å². The molecule has 2 aromatic rings. The van der Waals surface area contributed by atoms with Crippen molar-refractivity contribution in [3.8, 4) is 0 Å². The maximum atomic E-state index is 4.67. The van der Waals surface area contributed by atoms with E-state index in [4.69, 9.17) is 0 Å². The van der Waals surface area contributed by atoms with Gasteiger partial charge < -0.3 is 5.32 Å². The van der Waals surface area contributed by atoms with Gasteiger partial charge in [-0.3, -0.25) is 9.88 Å². The van der Waals surface area contributed by atoms with Crippen LogP contribution in [0.3, 0.4) is 0 Å². The van der Waals surface area contributed by atoms with E-state index in [2.05, 4.69) is 58.6 Å². The molecule has 0 fully saturated rings. The van der Waals surface area contributed by atoms with Gasteiger partial charge in [-0.25, -0.2) is 4.98 Å². The maximum absolute atomic E-state index is 4.67. The Hall–Kier alpha value is -1.30. The minimum absolute atomic E-state index is 0.497. The first-order chi connectivity index (χ1) is 9.63. The monoisotopic (exact) mass is 290 g/mol. The Balaban J connectivity index is 1.83. The molecule has 0 unspecified atom stereocenters. The van der Waals surface area contributed by atoms with E-state index >= 15 is 0 Å². The SMILES string of the molecule is CC(C)NCc1nc(CN(C)Cc2ccncc2)cs1. The number of thiazole rings is 1. The molecule has 0 spiro atoms. The molecule has 0 aliphatic heterocycles. The van der Waals surface area contributed by atoms with Crippen LogP contribution >= 0.6 is 11.3 Å². The second-order valence-electron chi connectivity index (χ2n) is 5.30. The molecule has 0 aromatic carbocycles. The van der Waals surface area contributed by atoms with Crippen LogP contribution in [-0.4, -0.2) is 28.0 Å². The molecular formula is C15H22N4S. The number of aromatic nitrogens is 2. The molecule has 5 heteroatoms. The van der Waals surface area contributed by atoms with Crippen molar-refractivity contribution in [1.29, 1.82) is 0 Å². The van der Waals surface area contributed by atoms with E-state index in [1.165, 1.54) is 5.56 Å². The number of nitrogens with one attached hydrogen (secondary N) is 1. The van der Waals surface area contributed by atoms with E-state index in [-0.39, 0.29) is 0 Å². The molecule has 0 radical (unpaired) electrons. The number of hydrogen-bond acceptors (Lipinski definition) is 5. The Labute approximate surface area is 124 Å². The molecule has 108 valence electrons. The predicted octanol–water partition coefficient (Wildman–Crippen LogP) is 2.67. The Morgan fingerprint density at radius 2 is 2.00 bits per heavy atom. The first-order valence-electron chi connectivity index (χ1n) is 6.87. The summed E-state index contributed by atoms with van der Waals surface area (Å²) in [6.07, 6.45) is 3.67. The van der Waals surface area contributed by atoms with Crippen molar-refractivity contribution in [3.63, 3.8) is 0 Å². The largest absolute Gasteiger partial charge is 0.308 e. The molecule has 1 N–H and O–H groups in total. The Bertz CT molecular complexity index is 510. The lowest BCUT2D eigenvalue weighted by molar-refractivity contribution is 0.315. The highest BCUT2D eigenvalue weighted by Gasteiger charge is 2.06. The van der Waals surface area contributed by atoms with Gasteiger partial charge in [0.05, 0.1) is 5.69 Å². The lowest BCUT2D eigenvalue weighted by Crippen LogP contribution is -2.22. The van der Waals surface area contributed by atoms with Crippen molar-refractivity contribution in [3.05, 3.63) is 46.2 Å². The molecule has 2 aromatic heterocycles. The number of rotatable bonds is 7. The van der Waals surface area contributed by atoms with Crippen molar-refractivity contribution in [2.45, 2.75) is 39.5 Å². The summed E-state index contributed by atoms with van der Waals surface area (Å²) in [5, 5.41) is 6.71. The molecule has 0 bridgehead atoms. The fourth-order valence-corrected chi connectivity index (χ4v) is 2.66. The zero-order valence-corrected chi connectivity index (χ0v) is 13.2. The second kappa shape index (κ2) is 7.47. The van der Waals surface area contributed by atoms with Crippen LogP contribution in [0.4, 0.5) is 0 Å². The first kappa shape index (κ1) is 15.1. The Kier molecular flexibility index (Phi) is 5.64. The van der Waals surface area contributed by atoms with Gasteiger partial charge in [-0.15, -0.1) is 11.3 Å². The van der Waals surface area contributed by atoms with Crippen molar-refractivity contribution >= 4 is 11.3 Å². The van der Waals surface area contributed by atoms with E-state index in [1.54, 1.807) is 11.3 Å². The molecule has 0 saturated heterocycles. The van der Waals surface area contributed by atoms with Crippen molar-refractivity contribution in [2.24, 2.45) is 0 Å². The summed E-state index contributed by atoms with van der Waals surface area (Å²) in [5.41, 5.74) is 2.42. The number of pyridine rings is 1. The molecule has 0 atom stereocenters. The smallest absolute Gasteiger partial charge is 0.107 e. The van der Waals surface area contributed by atoms with Gasteiger partial charge in [-0.05, 0) is 24.7 Å². The van der Waals surface area contributed by atoms with Crippen LogP contribution in [0.1, 0.15) is 30.1 Å². The Morgan fingerprint density at radius 1 is 1.25 bits per heavy atom. The summed E-state index contributed by atoms with van der Waals surface area (Å²) in [6, 6.07) is 4.60. The summed E-state index contributed by atoms with van der Waals surface area (Å²) in [4.78, 5) is 11.0. The zero-order chi connectivity index (χ0) is 14.4. The first-order valence-corrected chi connectivity index (χ1v) is 7.75. The summed E-state index contributed by atoms with van der Waals surface area (Å²) in [5.74, 6) is 0. The van der Waals surface area contributed by atoms with Gasteiger partial charge in [0.2, 0.25) is 0 Å². The molecule has 20 heavy (non-hydrogen) atoms. The van der Waals surface area contributed by atoms with Gasteiger partial charge in [0.25, 0.3) is 0 Å². The van der Waals surface area contributed by atoms with Gasteiger partial charge in [0, 0.05) is 43.4 Å². The fourth-order valence-electron chi connectivity index (χ4n) is 1.93. The zero-order valence-electron chi connectivity index (χ0n) is 12.3. The van der Waals surface area contributed by atoms with Crippen LogP contribution in [0.2, 0.25) is 0 Å². The number of nitrogens with zero attached hydrogens (tertiary/aromatic N) is 3. The van der Waals surface area contributed by atoms with Gasteiger partial charge in [-0.2, -0.15) is 0 Å². The third kappa shape index (κ3) is 5.00. The average Bonchev–Trinajstić information content (AvgIpc) is 2.85. The Morgan fingerprint density at radius 3 is 2.70 bits per heavy atom. The molecule has 2 rings (SSSR count). The topological polar surface area (TPSA) is 41.1 Å². The molecular weight excluding hydrogens is 268 g/mol. The van der Waals surface area contributed by atoms with E-state index in [0.717, 1.165) is 30.3 Å². The predicted molar refractivity (Wildman–Crippen MR) is 83.5 cm³/mol. The molecule has 0 aliphatic carbocycles. The highest BCUT2D eigenvalue weighted by molar-refractivity contribution is 7.09. The van der Waals surface area contributed by atoms with E-state index < -0.39 is 0 Å². The maximum Gasteiger partial charge on any atom is 0.107 e. The molecule has 4 nitrogen and oxygen atoms in total. The third-order valence-electron chi connectivity index (χ3n) is 2.89. The van der Waals surface area contributed by atoms with E-state index in [1.807, 2.05) is 12.4 Å². The van der Waals surface area contributed by atoms with Crippen LogP contribution in [0.25, 0.3) is 0 Å². The second-order valence-corrected chi connectivity index (χ2v) is 6.24. The van der Waals surface area contributed by atoms with E-state index in [0.29, 0.717) is 6.04 Å². The van der Waals surface area contributed by atoms with Crippen LogP contribution in [-0.2, 0) is 19.6 Å². The normalized spacial score (nSPS) is 11.4. The van der Waals surface area contributed by atoms with Gasteiger partial charge in [-0.1, -0.05) is 13.8 Å². The fraction of sp³-hybridized carbons (Fsp3) is 0.467. The van der Waals surface area contributed by atoms with Gasteiger partial charge in [0.1, 0.15) is 5.01 Å². The molecule has 0 aliphatic rings. The minimum Gasteiger partial charge on any atom is -0.308 e. The van der Waals surface area contributed by atoms with Crippen molar-refractivity contribution < 1.29 is 0 Å². The van der Waals surface area contributed by atoms with Crippen molar-refractivity contribution in [2.75, 3.05) is 7.05 Å². The van der Waals surface area contributed by atoms with Crippen molar-refractivity contribution in [1.82, 2.24) is 20.2 Å². The number of hydrogen-bond donors (Lipinski definition) is 1.